The van der Waals surface area contributed by atoms with Crippen LogP contribution in [-0.4, -0.2) is 55.0 Å². The van der Waals surface area contributed by atoms with Crippen LogP contribution >= 0.6 is 11.6 Å². The summed E-state index contributed by atoms with van der Waals surface area (Å²) in [4.78, 5) is 7.40. The normalized spacial score (nSPS) is 28.1. The molecular weight excluding hydrogens is 368 g/mol. The van der Waals surface area contributed by atoms with Crippen LogP contribution in [0.25, 0.3) is 0 Å². The molecule has 5 heteroatoms. The first-order valence-corrected chi connectivity index (χ1v) is 11.0. The first-order valence-electron chi connectivity index (χ1n) is 10.6. The lowest BCUT2D eigenvalue weighted by Crippen LogP contribution is -2.75. The van der Waals surface area contributed by atoms with Crippen molar-refractivity contribution in [2.24, 2.45) is 16.3 Å². The Morgan fingerprint density at radius 3 is 2.89 bits per heavy atom. The summed E-state index contributed by atoms with van der Waals surface area (Å²) in [5.74, 6) is 1.91. The van der Waals surface area contributed by atoms with Crippen molar-refractivity contribution in [1.82, 2.24) is 9.91 Å². The van der Waals surface area contributed by atoms with Crippen LogP contribution in [0.3, 0.4) is 0 Å². The predicted octanol–water partition coefficient (Wildman–Crippen LogP) is 3.93. The van der Waals surface area contributed by atoms with Crippen LogP contribution in [0.15, 0.2) is 46.5 Å². The molecule has 0 N–H and O–H groups in total. The zero-order valence-corrected chi connectivity index (χ0v) is 17.3. The van der Waals surface area contributed by atoms with E-state index in [0.29, 0.717) is 11.3 Å². The Morgan fingerprint density at radius 1 is 1.18 bits per heavy atom. The molecule has 0 radical (unpaired) electrons. The number of fused-ring (bicyclic) bond motifs is 2. The van der Waals surface area contributed by atoms with Crippen LogP contribution in [0.2, 0.25) is 5.02 Å². The molecule has 1 atom stereocenters. The summed E-state index contributed by atoms with van der Waals surface area (Å²) in [6.07, 6.45) is 8.36. The van der Waals surface area contributed by atoms with Crippen LogP contribution in [0.4, 0.5) is 5.69 Å². The monoisotopic (exact) mass is 394 g/mol. The predicted molar refractivity (Wildman–Crippen MR) is 115 cm³/mol. The van der Waals surface area contributed by atoms with Gasteiger partial charge in [0.1, 0.15) is 5.84 Å². The van der Waals surface area contributed by atoms with E-state index in [2.05, 4.69) is 46.1 Å². The van der Waals surface area contributed by atoms with Crippen molar-refractivity contribution in [3.63, 3.8) is 0 Å². The van der Waals surface area contributed by atoms with Gasteiger partial charge >= 0.3 is 0 Å². The quantitative estimate of drug-likeness (QED) is 0.720. The second-order valence-corrected chi connectivity index (χ2v) is 9.78. The molecule has 4 nitrogen and oxygen atoms in total. The van der Waals surface area contributed by atoms with E-state index in [1.165, 1.54) is 41.1 Å². The van der Waals surface area contributed by atoms with Crippen LogP contribution in [0.1, 0.15) is 25.3 Å². The molecule has 0 amide bonds. The summed E-state index contributed by atoms with van der Waals surface area (Å²) >= 11 is 6.21. The minimum Gasteiger partial charge on any atom is -0.355 e. The third-order valence-corrected chi connectivity index (χ3v) is 7.27. The van der Waals surface area contributed by atoms with Crippen LogP contribution in [0, 0.1) is 11.3 Å². The number of likely N-dealkylation sites (tertiary alicyclic amines) is 1. The summed E-state index contributed by atoms with van der Waals surface area (Å²) in [5, 5.41) is 5.90. The van der Waals surface area contributed by atoms with Gasteiger partial charge in [-0.3, -0.25) is 4.99 Å². The molecule has 5 aliphatic rings. The van der Waals surface area contributed by atoms with E-state index >= 15 is 0 Å². The SMILES string of the molecule is CC1C=C2C(=CC1)CN=C2N1CC2(C1)CN(N1CCCc3cc(Cl)ccc31)C2. The number of benzene rings is 1. The second-order valence-electron chi connectivity index (χ2n) is 9.34. The number of nitrogens with zero attached hydrogens (tertiary/aromatic N) is 4. The highest BCUT2D eigenvalue weighted by atomic mass is 35.5. The molecule has 2 saturated heterocycles. The number of aliphatic imine (C=N–C) groups is 1. The number of anilines is 1. The largest absolute Gasteiger partial charge is 0.355 e. The smallest absolute Gasteiger partial charge is 0.131 e. The molecule has 28 heavy (non-hydrogen) atoms. The third kappa shape index (κ3) is 2.57. The van der Waals surface area contributed by atoms with E-state index in [1.54, 1.807) is 0 Å². The number of hydrazine groups is 1. The van der Waals surface area contributed by atoms with Crippen LogP contribution in [0.5, 0.6) is 0 Å². The molecule has 2 fully saturated rings. The highest BCUT2D eigenvalue weighted by Gasteiger charge is 2.55. The van der Waals surface area contributed by atoms with Gasteiger partial charge in [0.2, 0.25) is 0 Å². The molecule has 4 heterocycles. The Bertz CT molecular complexity index is 917. The van der Waals surface area contributed by atoms with Gasteiger partial charge in [0.15, 0.2) is 0 Å². The van der Waals surface area contributed by atoms with Crippen molar-refractivity contribution < 1.29 is 0 Å². The number of hydrogen-bond donors (Lipinski definition) is 0. The van der Waals surface area contributed by atoms with Gasteiger partial charge in [-0.25, -0.2) is 5.01 Å². The Balaban J connectivity index is 1.12. The zero-order chi connectivity index (χ0) is 18.9. The molecule has 6 rings (SSSR count). The zero-order valence-electron chi connectivity index (χ0n) is 16.5. The minimum atomic E-state index is 0.458. The number of allylic oxidation sites excluding steroid dienone is 2. The van der Waals surface area contributed by atoms with Gasteiger partial charge in [-0.1, -0.05) is 30.7 Å². The Hall–Kier alpha value is -1.78. The highest BCUT2D eigenvalue weighted by Crippen LogP contribution is 2.44. The first kappa shape index (κ1) is 17.1. The molecule has 146 valence electrons. The standard InChI is InChI=1S/C23H27ClN4/c1-16-4-5-18-11-25-22(20(18)9-16)26-12-23(13-26)14-27(15-23)28-8-2-3-17-10-19(24)6-7-21(17)28/h5-7,9-10,16H,2-4,8,11-15H2,1H3. The van der Waals surface area contributed by atoms with E-state index in [9.17, 15) is 0 Å². The number of aryl methyl sites for hydroxylation is 1. The van der Waals surface area contributed by atoms with E-state index in [-0.39, 0.29) is 0 Å². The van der Waals surface area contributed by atoms with Gasteiger partial charge in [0.25, 0.3) is 0 Å². The van der Waals surface area contributed by atoms with E-state index in [0.717, 1.165) is 50.7 Å². The van der Waals surface area contributed by atoms with Crippen molar-refractivity contribution in [1.29, 1.82) is 0 Å². The summed E-state index contributed by atoms with van der Waals surface area (Å²) in [7, 11) is 0. The van der Waals surface area contributed by atoms with Gasteiger partial charge in [0, 0.05) is 48.7 Å². The molecule has 1 aromatic rings. The number of amidine groups is 1. The van der Waals surface area contributed by atoms with Crippen molar-refractivity contribution in [2.45, 2.75) is 26.2 Å². The van der Waals surface area contributed by atoms with Crippen LogP contribution < -0.4 is 5.01 Å². The molecule has 0 bridgehead atoms. The maximum Gasteiger partial charge on any atom is 0.131 e. The molecule has 0 saturated carbocycles. The van der Waals surface area contributed by atoms with Crippen molar-refractivity contribution in [2.75, 3.05) is 44.3 Å². The topological polar surface area (TPSA) is 22.1 Å². The fourth-order valence-electron chi connectivity index (χ4n) is 5.63. The van der Waals surface area contributed by atoms with Gasteiger partial charge < -0.3 is 9.91 Å². The lowest BCUT2D eigenvalue weighted by molar-refractivity contribution is -0.0923. The maximum absolute atomic E-state index is 6.21. The molecule has 1 spiro atoms. The minimum absolute atomic E-state index is 0.458. The van der Waals surface area contributed by atoms with Crippen molar-refractivity contribution in [3.05, 3.63) is 52.1 Å². The lowest BCUT2D eigenvalue weighted by atomic mass is 9.73. The van der Waals surface area contributed by atoms with E-state index in [4.69, 9.17) is 16.6 Å². The molecule has 1 unspecified atom stereocenters. The Labute approximate surface area is 172 Å². The van der Waals surface area contributed by atoms with E-state index in [1.807, 2.05) is 6.07 Å². The third-order valence-electron chi connectivity index (χ3n) is 7.04. The second kappa shape index (κ2) is 6.11. The van der Waals surface area contributed by atoms with Gasteiger partial charge in [-0.15, -0.1) is 0 Å². The van der Waals surface area contributed by atoms with Gasteiger partial charge in [0.05, 0.1) is 12.2 Å². The Morgan fingerprint density at radius 2 is 2.04 bits per heavy atom. The summed E-state index contributed by atoms with van der Waals surface area (Å²) in [6, 6.07) is 6.38. The molecule has 1 aromatic carbocycles. The maximum atomic E-state index is 6.21. The van der Waals surface area contributed by atoms with Crippen molar-refractivity contribution in [3.8, 4) is 0 Å². The molecule has 1 aliphatic carbocycles. The number of rotatable bonds is 1. The van der Waals surface area contributed by atoms with Gasteiger partial charge in [-0.05, 0) is 54.5 Å². The highest BCUT2D eigenvalue weighted by molar-refractivity contribution is 6.30. The molecule has 0 aromatic heterocycles. The Kier molecular flexibility index (Phi) is 3.73. The fourth-order valence-corrected chi connectivity index (χ4v) is 5.83. The fraction of sp³-hybridized carbons (Fsp3) is 0.522. The number of hydrogen-bond acceptors (Lipinski definition) is 4. The average Bonchev–Trinajstić information content (AvgIpc) is 3.02. The number of halogens is 1. The van der Waals surface area contributed by atoms with E-state index < -0.39 is 0 Å². The molecule has 4 aliphatic heterocycles. The lowest BCUT2D eigenvalue weighted by Gasteiger charge is -2.63. The first-order chi connectivity index (χ1) is 13.6. The average molecular weight is 395 g/mol. The van der Waals surface area contributed by atoms with Crippen LogP contribution in [-0.2, 0) is 6.42 Å². The summed E-state index contributed by atoms with van der Waals surface area (Å²) in [5.41, 5.74) is 6.09. The molecular formula is C23H27ClN4. The summed E-state index contributed by atoms with van der Waals surface area (Å²) < 4.78 is 0. The summed E-state index contributed by atoms with van der Waals surface area (Å²) in [6.45, 7) is 8.96. The van der Waals surface area contributed by atoms with Gasteiger partial charge in [-0.2, -0.15) is 0 Å². The van der Waals surface area contributed by atoms with Crippen molar-refractivity contribution >= 4 is 23.1 Å².